The standard InChI is InChI=1S/C77H132O6/c1-4-7-10-13-16-19-22-25-27-29-31-33-35-36-37-38-39-40-42-43-45-47-49-52-55-58-61-64-67-70-76(79)82-73-74(72-81-75(78)69-66-63-60-57-54-51-24-21-18-15-12-9-6-3)83-77(80)71-68-65-62-59-56-53-50-48-46-44-41-34-32-30-28-26-23-20-17-14-11-8-5-2/h9,12,18,21-23,25-26,29-32,41,44,51,54,60,63,74H,4-8,10-11,13-17,19-20,24,27-28,33-40,42-43,45-50,52-53,55-59,61-62,64-73H2,1-3H3/b12-9-,21-18-,25-22-,26-23-,31-29-,32-30-,44-41-,54-51-,63-60-. The minimum Gasteiger partial charge on any atom is -0.462 e. The maximum Gasteiger partial charge on any atom is 0.306 e. The van der Waals surface area contributed by atoms with Crippen LogP contribution in [0.2, 0.25) is 0 Å². The summed E-state index contributed by atoms with van der Waals surface area (Å²) in [6, 6.07) is 0. The molecule has 0 heterocycles. The number of carbonyl (C=O) groups excluding carboxylic acids is 3. The largest absolute Gasteiger partial charge is 0.462 e. The first-order chi connectivity index (χ1) is 41.0. The lowest BCUT2D eigenvalue weighted by molar-refractivity contribution is -0.166. The van der Waals surface area contributed by atoms with E-state index in [1.807, 2.05) is 6.08 Å². The molecule has 6 nitrogen and oxygen atoms in total. The van der Waals surface area contributed by atoms with Crippen LogP contribution in [0.15, 0.2) is 109 Å². The molecule has 0 radical (unpaired) electrons. The van der Waals surface area contributed by atoms with E-state index < -0.39 is 6.10 Å². The third-order valence-electron chi connectivity index (χ3n) is 15.2. The predicted octanol–water partition coefficient (Wildman–Crippen LogP) is 24.6. The van der Waals surface area contributed by atoms with Gasteiger partial charge in [-0.3, -0.25) is 14.4 Å². The fraction of sp³-hybridized carbons (Fsp3) is 0.727. The number of hydrogen-bond donors (Lipinski definition) is 0. The molecule has 0 fully saturated rings. The van der Waals surface area contributed by atoms with Crippen LogP contribution in [0.4, 0.5) is 0 Å². The Kier molecular flexibility index (Phi) is 67.2. The van der Waals surface area contributed by atoms with Gasteiger partial charge in [-0.05, 0) is 116 Å². The third-order valence-corrected chi connectivity index (χ3v) is 15.2. The van der Waals surface area contributed by atoms with E-state index in [0.717, 1.165) is 89.9 Å². The second-order valence-corrected chi connectivity index (χ2v) is 23.4. The molecule has 0 saturated heterocycles. The summed E-state index contributed by atoms with van der Waals surface area (Å²) in [5.74, 6) is -0.983. The van der Waals surface area contributed by atoms with Crippen molar-refractivity contribution in [1.29, 1.82) is 0 Å². The average Bonchev–Trinajstić information content (AvgIpc) is 3.49. The minimum atomic E-state index is -0.814. The minimum absolute atomic E-state index is 0.102. The van der Waals surface area contributed by atoms with Gasteiger partial charge < -0.3 is 14.2 Å². The van der Waals surface area contributed by atoms with Crippen LogP contribution in [0, 0.1) is 0 Å². The second kappa shape index (κ2) is 70.6. The van der Waals surface area contributed by atoms with Gasteiger partial charge in [0, 0.05) is 19.3 Å². The number of allylic oxidation sites excluding steroid dienone is 18. The van der Waals surface area contributed by atoms with Gasteiger partial charge in [0.15, 0.2) is 6.10 Å². The molecule has 0 aromatic carbocycles. The van der Waals surface area contributed by atoms with Gasteiger partial charge in [0.2, 0.25) is 0 Å². The molecule has 0 aliphatic carbocycles. The third kappa shape index (κ3) is 68.7. The van der Waals surface area contributed by atoms with Crippen LogP contribution < -0.4 is 0 Å². The molecule has 1 unspecified atom stereocenters. The highest BCUT2D eigenvalue weighted by Gasteiger charge is 2.19. The van der Waals surface area contributed by atoms with E-state index >= 15 is 0 Å². The Morgan fingerprint density at radius 2 is 0.494 bits per heavy atom. The molecule has 0 bridgehead atoms. The van der Waals surface area contributed by atoms with Crippen molar-refractivity contribution >= 4 is 17.9 Å². The van der Waals surface area contributed by atoms with E-state index in [1.54, 1.807) is 0 Å². The Labute approximate surface area is 514 Å². The van der Waals surface area contributed by atoms with Crippen molar-refractivity contribution in [2.45, 2.75) is 348 Å². The maximum absolute atomic E-state index is 12.9. The highest BCUT2D eigenvalue weighted by Crippen LogP contribution is 2.17. The summed E-state index contributed by atoms with van der Waals surface area (Å²) in [4.78, 5) is 38.4. The lowest BCUT2D eigenvalue weighted by Crippen LogP contribution is -2.30. The number of carbonyl (C=O) groups is 3. The summed E-state index contributed by atoms with van der Waals surface area (Å²) < 4.78 is 16.9. The molecule has 1 atom stereocenters. The van der Waals surface area contributed by atoms with Crippen molar-refractivity contribution in [1.82, 2.24) is 0 Å². The van der Waals surface area contributed by atoms with Crippen molar-refractivity contribution in [3.8, 4) is 0 Å². The monoisotopic (exact) mass is 1150 g/mol. The molecule has 0 rings (SSSR count). The van der Waals surface area contributed by atoms with Crippen molar-refractivity contribution < 1.29 is 28.6 Å². The smallest absolute Gasteiger partial charge is 0.306 e. The Hall–Kier alpha value is -3.93. The number of hydrogen-bond acceptors (Lipinski definition) is 6. The van der Waals surface area contributed by atoms with Crippen LogP contribution in [-0.2, 0) is 28.6 Å². The van der Waals surface area contributed by atoms with Crippen molar-refractivity contribution in [3.63, 3.8) is 0 Å². The van der Waals surface area contributed by atoms with E-state index in [4.69, 9.17) is 14.2 Å². The summed E-state index contributed by atoms with van der Waals surface area (Å²) in [7, 11) is 0. The zero-order chi connectivity index (χ0) is 59.9. The van der Waals surface area contributed by atoms with Crippen LogP contribution in [0.5, 0.6) is 0 Å². The van der Waals surface area contributed by atoms with Crippen LogP contribution in [0.25, 0.3) is 0 Å². The van der Waals surface area contributed by atoms with E-state index in [2.05, 4.69) is 124 Å². The molecule has 0 amide bonds. The van der Waals surface area contributed by atoms with Crippen molar-refractivity contribution in [2.24, 2.45) is 0 Å². The predicted molar refractivity (Wildman–Crippen MR) is 362 cm³/mol. The average molecular weight is 1150 g/mol. The number of rotatable bonds is 64. The van der Waals surface area contributed by atoms with Gasteiger partial charge in [-0.1, -0.05) is 316 Å². The van der Waals surface area contributed by atoms with Crippen LogP contribution >= 0.6 is 0 Å². The quantitative estimate of drug-likeness (QED) is 0.0261. The molecule has 0 aromatic heterocycles. The summed E-state index contributed by atoms with van der Waals surface area (Å²) in [5, 5.41) is 0. The Morgan fingerprint density at radius 3 is 0.807 bits per heavy atom. The van der Waals surface area contributed by atoms with Gasteiger partial charge in [0.05, 0.1) is 0 Å². The molecule has 0 aliphatic heterocycles. The Bertz CT molecular complexity index is 1660. The van der Waals surface area contributed by atoms with Gasteiger partial charge in [0.1, 0.15) is 13.2 Å². The second-order valence-electron chi connectivity index (χ2n) is 23.4. The molecule has 0 saturated carbocycles. The van der Waals surface area contributed by atoms with Gasteiger partial charge in [-0.15, -0.1) is 0 Å². The molecule has 83 heavy (non-hydrogen) atoms. The van der Waals surface area contributed by atoms with E-state index in [1.165, 1.54) is 205 Å². The lowest BCUT2D eigenvalue weighted by atomic mass is 10.0. The molecule has 0 N–H and O–H groups in total. The first-order valence-corrected chi connectivity index (χ1v) is 35.4. The van der Waals surface area contributed by atoms with Gasteiger partial charge in [-0.25, -0.2) is 0 Å². The normalized spacial score (nSPS) is 12.8. The Morgan fingerprint density at radius 1 is 0.253 bits per heavy atom. The fourth-order valence-corrected chi connectivity index (χ4v) is 9.97. The first kappa shape index (κ1) is 79.1. The molecule has 0 aromatic rings. The maximum atomic E-state index is 12.9. The van der Waals surface area contributed by atoms with Crippen molar-refractivity contribution in [3.05, 3.63) is 109 Å². The number of esters is 3. The summed E-state index contributed by atoms with van der Waals surface area (Å²) in [6.07, 6.45) is 97.1. The van der Waals surface area contributed by atoms with Crippen molar-refractivity contribution in [2.75, 3.05) is 13.2 Å². The van der Waals surface area contributed by atoms with Crippen LogP contribution in [-0.4, -0.2) is 37.2 Å². The van der Waals surface area contributed by atoms with E-state index in [-0.39, 0.29) is 37.5 Å². The lowest BCUT2D eigenvalue weighted by Gasteiger charge is -2.18. The highest BCUT2D eigenvalue weighted by atomic mass is 16.6. The SMILES string of the molecule is CC/C=C\C/C=C\C/C=C\C/C=C\CCC(=O)OCC(COC(=O)CCCCCCCCCCCCCCCCCCC/C=C\C/C=C\CCCCCCC)OC(=O)CCCCCCCCCC/C=C\C/C=C\C/C=C\CCCCCCC. The summed E-state index contributed by atoms with van der Waals surface area (Å²) in [6.45, 7) is 6.47. The molecular formula is C77H132O6. The Balaban J connectivity index is 4.29. The van der Waals surface area contributed by atoms with E-state index in [9.17, 15) is 14.4 Å². The van der Waals surface area contributed by atoms with Crippen LogP contribution in [0.1, 0.15) is 342 Å². The zero-order valence-corrected chi connectivity index (χ0v) is 54.7. The first-order valence-electron chi connectivity index (χ1n) is 35.4. The van der Waals surface area contributed by atoms with Crippen LogP contribution in [0.3, 0.4) is 0 Å². The number of unbranched alkanes of at least 4 members (excludes halogenated alkanes) is 35. The topological polar surface area (TPSA) is 78.9 Å². The fourth-order valence-electron chi connectivity index (χ4n) is 9.97. The van der Waals surface area contributed by atoms with E-state index in [0.29, 0.717) is 19.3 Å². The molecule has 6 heteroatoms. The molecule has 476 valence electrons. The molecule has 0 aliphatic rings. The number of ether oxygens (including phenoxy) is 3. The van der Waals surface area contributed by atoms with Gasteiger partial charge in [0.25, 0.3) is 0 Å². The van der Waals surface area contributed by atoms with Gasteiger partial charge >= 0.3 is 17.9 Å². The zero-order valence-electron chi connectivity index (χ0n) is 54.7. The highest BCUT2D eigenvalue weighted by molar-refractivity contribution is 5.71. The molecular weight excluding hydrogens is 1020 g/mol. The molecule has 0 spiro atoms. The summed E-state index contributed by atoms with van der Waals surface area (Å²) in [5.41, 5.74) is 0. The van der Waals surface area contributed by atoms with Gasteiger partial charge in [-0.2, -0.15) is 0 Å². The summed E-state index contributed by atoms with van der Waals surface area (Å²) >= 11 is 0.